The second-order valence-electron chi connectivity index (χ2n) is 14.3. The number of esters is 1. The lowest BCUT2D eigenvalue weighted by Gasteiger charge is -2.29. The number of anilines is 1. The van der Waals surface area contributed by atoms with Gasteiger partial charge in [-0.3, -0.25) is 4.79 Å². The van der Waals surface area contributed by atoms with Crippen LogP contribution in [-0.4, -0.2) is 83.2 Å². The normalized spacial score (nSPS) is 14.0. The molecular formula is C42H45BrClN5O8. The molecule has 3 aromatic heterocycles. The second-order valence-corrected chi connectivity index (χ2v) is 15.5. The third-order valence-electron chi connectivity index (χ3n) is 9.20. The zero-order chi connectivity index (χ0) is 40.7. The minimum Gasteiger partial charge on any atom is -0.497 e. The van der Waals surface area contributed by atoms with Crippen LogP contribution < -0.4 is 24.5 Å². The van der Waals surface area contributed by atoms with E-state index in [9.17, 15) is 14.4 Å². The average Bonchev–Trinajstić information content (AvgIpc) is 3.65. The van der Waals surface area contributed by atoms with Crippen molar-refractivity contribution in [3.63, 3.8) is 0 Å². The van der Waals surface area contributed by atoms with Crippen LogP contribution in [0.15, 0.2) is 88.7 Å². The molecule has 0 bridgehead atoms. The molecule has 1 aliphatic heterocycles. The van der Waals surface area contributed by atoms with Gasteiger partial charge in [-0.05, 0) is 111 Å². The number of fused-ring (bicyclic) bond motifs is 1. The van der Waals surface area contributed by atoms with Crippen molar-refractivity contribution in [2.75, 3.05) is 44.9 Å². The Kier molecular flexibility index (Phi) is 13.2. The predicted octanol–water partition coefficient (Wildman–Crippen LogP) is 8.25. The number of amides is 1. The zero-order valence-corrected chi connectivity index (χ0v) is 34.8. The Morgan fingerprint density at radius 1 is 1.05 bits per heavy atom. The van der Waals surface area contributed by atoms with Gasteiger partial charge in [0.1, 0.15) is 34.7 Å². The van der Waals surface area contributed by atoms with Gasteiger partial charge in [0.2, 0.25) is 5.43 Å². The number of pyridine rings is 3. The molecule has 0 spiro atoms. The number of ether oxygens (including phenoxy) is 5. The largest absolute Gasteiger partial charge is 0.497 e. The molecular weight excluding hydrogens is 818 g/mol. The van der Waals surface area contributed by atoms with Crippen LogP contribution in [0.2, 0.25) is 5.02 Å². The van der Waals surface area contributed by atoms with Crippen molar-refractivity contribution in [3.05, 3.63) is 110 Å². The summed E-state index contributed by atoms with van der Waals surface area (Å²) in [5.41, 5.74) is 1.57. The van der Waals surface area contributed by atoms with E-state index in [0.717, 1.165) is 24.2 Å². The van der Waals surface area contributed by atoms with Gasteiger partial charge in [0, 0.05) is 30.9 Å². The van der Waals surface area contributed by atoms with E-state index in [-0.39, 0.29) is 43.4 Å². The molecule has 4 heterocycles. The van der Waals surface area contributed by atoms with Crippen LogP contribution in [0.5, 0.6) is 17.4 Å². The SMILES string of the molecule is CCOC(=O)c1cn(-c2ccc(Br)nc2)c2cc(N3CCC[C@@H]3COc3ncccc3OCCN(Cc3ccc(OC)cc3)C(=O)OC(C)(C)C)c(Cl)cc2c1=O. The fourth-order valence-corrected chi connectivity index (χ4v) is 7.01. The van der Waals surface area contributed by atoms with Crippen LogP contribution in [0.3, 0.4) is 0 Å². The molecule has 0 N–H and O–H groups in total. The van der Waals surface area contributed by atoms with E-state index >= 15 is 0 Å². The van der Waals surface area contributed by atoms with Crippen molar-refractivity contribution in [2.24, 2.45) is 0 Å². The molecule has 6 rings (SSSR count). The summed E-state index contributed by atoms with van der Waals surface area (Å²) in [6.45, 7) is 8.99. The Morgan fingerprint density at radius 2 is 1.84 bits per heavy atom. The molecule has 1 atom stereocenters. The van der Waals surface area contributed by atoms with Crippen molar-refractivity contribution in [3.8, 4) is 23.1 Å². The lowest BCUT2D eigenvalue weighted by atomic mass is 10.1. The van der Waals surface area contributed by atoms with Crippen LogP contribution in [0, 0.1) is 0 Å². The molecule has 57 heavy (non-hydrogen) atoms. The number of methoxy groups -OCH3 is 1. The maximum absolute atomic E-state index is 13.6. The van der Waals surface area contributed by atoms with Crippen molar-refractivity contribution in [1.29, 1.82) is 0 Å². The highest BCUT2D eigenvalue weighted by Gasteiger charge is 2.29. The van der Waals surface area contributed by atoms with E-state index in [1.54, 1.807) is 60.2 Å². The maximum atomic E-state index is 13.6. The number of carbonyl (C=O) groups is 2. The van der Waals surface area contributed by atoms with Crippen molar-refractivity contribution < 1.29 is 33.3 Å². The fourth-order valence-electron chi connectivity index (χ4n) is 6.51. The maximum Gasteiger partial charge on any atom is 0.410 e. The fraction of sp³-hybridized carbons (Fsp3) is 0.357. The minimum atomic E-state index is -0.716. The van der Waals surface area contributed by atoms with Gasteiger partial charge in [0.25, 0.3) is 5.88 Å². The Balaban J connectivity index is 1.20. The summed E-state index contributed by atoms with van der Waals surface area (Å²) in [6.07, 6.45) is 6.01. The first-order valence-electron chi connectivity index (χ1n) is 18.6. The summed E-state index contributed by atoms with van der Waals surface area (Å²) < 4.78 is 31.1. The molecule has 1 fully saturated rings. The lowest BCUT2D eigenvalue weighted by Crippen LogP contribution is -2.38. The van der Waals surface area contributed by atoms with E-state index < -0.39 is 23.1 Å². The number of hydrogen-bond donors (Lipinski definition) is 0. The predicted molar refractivity (Wildman–Crippen MR) is 221 cm³/mol. The van der Waals surface area contributed by atoms with E-state index in [4.69, 9.17) is 35.3 Å². The molecule has 5 aromatic rings. The third-order valence-corrected chi connectivity index (χ3v) is 9.97. The first-order valence-corrected chi connectivity index (χ1v) is 19.8. The first kappa shape index (κ1) is 41.3. The average molecular weight is 863 g/mol. The zero-order valence-electron chi connectivity index (χ0n) is 32.5. The highest BCUT2D eigenvalue weighted by Crippen LogP contribution is 2.36. The standard InChI is InChI=1S/C42H45BrClN5O8/c1-6-54-40(51)32-25-49(28-13-16-37(43)46-23-28)34-22-35(33(44)21-31(34)38(32)50)48-18-8-9-29(48)26-56-39-36(10-7-17-45-39)55-20-19-47(41(52)57-42(2,3)4)24-27-11-14-30(53-5)15-12-27/h7,10-17,21-23,25,29H,6,8-9,18-20,24,26H2,1-5H3/t29-/m1/s1. The van der Waals surface area contributed by atoms with Crippen molar-refractivity contribution >= 4 is 56.2 Å². The van der Waals surface area contributed by atoms with Gasteiger partial charge < -0.3 is 38.1 Å². The van der Waals surface area contributed by atoms with Crippen LogP contribution in [0.1, 0.15) is 56.5 Å². The highest BCUT2D eigenvalue weighted by molar-refractivity contribution is 9.10. The van der Waals surface area contributed by atoms with E-state index in [1.165, 1.54) is 6.20 Å². The number of nitrogens with zero attached hydrogens (tertiary/aromatic N) is 5. The summed E-state index contributed by atoms with van der Waals surface area (Å²) >= 11 is 10.3. The van der Waals surface area contributed by atoms with E-state index in [2.05, 4.69) is 30.8 Å². The summed E-state index contributed by atoms with van der Waals surface area (Å²) in [5.74, 6) is 0.759. The van der Waals surface area contributed by atoms with Gasteiger partial charge in [-0.1, -0.05) is 23.7 Å². The highest BCUT2D eigenvalue weighted by atomic mass is 79.9. The van der Waals surface area contributed by atoms with Gasteiger partial charge in [-0.2, -0.15) is 0 Å². The number of carbonyl (C=O) groups excluding carboxylic acids is 2. The quantitative estimate of drug-likeness (QED) is 0.0790. The van der Waals surface area contributed by atoms with Crippen LogP contribution in [0.25, 0.3) is 16.6 Å². The third kappa shape index (κ3) is 10.2. The molecule has 1 saturated heterocycles. The van der Waals surface area contributed by atoms with Crippen molar-refractivity contribution in [2.45, 2.75) is 58.7 Å². The number of benzene rings is 2. The summed E-state index contributed by atoms with van der Waals surface area (Å²) in [7, 11) is 1.61. The minimum absolute atomic E-state index is 0.0877. The summed E-state index contributed by atoms with van der Waals surface area (Å²) in [5, 5.41) is 0.632. The van der Waals surface area contributed by atoms with Gasteiger partial charge in [-0.25, -0.2) is 19.6 Å². The Labute approximate surface area is 344 Å². The molecule has 0 saturated carbocycles. The lowest BCUT2D eigenvalue weighted by molar-refractivity contribution is 0.0208. The number of halogens is 2. The van der Waals surface area contributed by atoms with Gasteiger partial charge >= 0.3 is 12.1 Å². The Morgan fingerprint density at radius 3 is 2.54 bits per heavy atom. The molecule has 13 nitrogen and oxygen atoms in total. The van der Waals surface area contributed by atoms with E-state index in [0.29, 0.717) is 51.2 Å². The molecule has 300 valence electrons. The van der Waals surface area contributed by atoms with Gasteiger partial charge in [0.05, 0.1) is 54.4 Å². The molecule has 0 unspecified atom stereocenters. The second kappa shape index (κ2) is 18.3. The number of hydrogen-bond acceptors (Lipinski definition) is 11. The number of aromatic nitrogens is 3. The van der Waals surface area contributed by atoms with Gasteiger partial charge in [-0.15, -0.1) is 0 Å². The summed E-state index contributed by atoms with van der Waals surface area (Å²) in [6, 6.07) is 18.0. The molecule has 15 heteroatoms. The van der Waals surface area contributed by atoms with Crippen LogP contribution in [-0.2, 0) is 16.0 Å². The Hall–Kier alpha value is -5.34. The van der Waals surface area contributed by atoms with Crippen molar-refractivity contribution in [1.82, 2.24) is 19.4 Å². The van der Waals surface area contributed by atoms with E-state index in [1.807, 2.05) is 57.2 Å². The first-order chi connectivity index (χ1) is 27.3. The molecule has 1 amide bonds. The topological polar surface area (TPSA) is 135 Å². The van der Waals surface area contributed by atoms with Crippen LogP contribution in [0.4, 0.5) is 10.5 Å². The monoisotopic (exact) mass is 861 g/mol. The van der Waals surface area contributed by atoms with Gasteiger partial charge in [0.15, 0.2) is 5.75 Å². The smallest absolute Gasteiger partial charge is 0.410 e. The van der Waals surface area contributed by atoms with Crippen LogP contribution >= 0.6 is 27.5 Å². The number of rotatable bonds is 14. The Bertz CT molecular complexity index is 2260. The molecule has 2 aromatic carbocycles. The molecule has 0 aliphatic carbocycles. The molecule has 1 aliphatic rings. The summed E-state index contributed by atoms with van der Waals surface area (Å²) in [4.78, 5) is 52.3. The molecule has 0 radical (unpaired) electrons.